The second kappa shape index (κ2) is 5.93. The molecular formula is C20H18N2O2. The van der Waals surface area contributed by atoms with Crippen LogP contribution in [-0.2, 0) is 0 Å². The molecule has 1 saturated carbocycles. The Morgan fingerprint density at radius 1 is 1.17 bits per heavy atom. The number of nitrogens with zero attached hydrogens (tertiary/aromatic N) is 1. The summed E-state index contributed by atoms with van der Waals surface area (Å²) in [4.78, 5) is 15.0. The van der Waals surface area contributed by atoms with Crippen LogP contribution >= 0.6 is 0 Å². The highest BCUT2D eigenvalue weighted by atomic mass is 16.5. The number of rotatable bonds is 4. The summed E-state index contributed by atoms with van der Waals surface area (Å²) in [5.74, 6) is 3.28. The third-order valence-corrected chi connectivity index (χ3v) is 4.43. The fraction of sp³-hybridized carbons (Fsp3) is 0.250. The van der Waals surface area contributed by atoms with Gasteiger partial charge in [-0.15, -0.1) is 6.42 Å². The van der Waals surface area contributed by atoms with Crippen LogP contribution in [0.15, 0.2) is 48.5 Å². The number of ether oxygens (including phenoxy) is 1. The van der Waals surface area contributed by atoms with Crippen molar-refractivity contribution in [1.82, 2.24) is 4.90 Å². The van der Waals surface area contributed by atoms with Crippen molar-refractivity contribution in [3.8, 4) is 18.1 Å². The molecule has 120 valence electrons. The quantitative estimate of drug-likeness (QED) is 0.878. The number of amides is 1. The predicted octanol–water partition coefficient (Wildman–Crippen LogP) is 3.43. The number of hydrogen-bond donors (Lipinski definition) is 1. The monoisotopic (exact) mass is 318 g/mol. The number of terminal acetylenes is 1. The average molecular weight is 318 g/mol. The first-order valence-electron chi connectivity index (χ1n) is 8.13. The van der Waals surface area contributed by atoms with Gasteiger partial charge in [0, 0.05) is 17.3 Å². The molecule has 2 aliphatic rings. The molecule has 0 spiro atoms. The van der Waals surface area contributed by atoms with Crippen LogP contribution < -0.4 is 10.1 Å². The molecule has 0 bridgehead atoms. The van der Waals surface area contributed by atoms with E-state index in [1.807, 2.05) is 53.4 Å². The van der Waals surface area contributed by atoms with Gasteiger partial charge in [0.05, 0.1) is 5.56 Å². The van der Waals surface area contributed by atoms with Crippen molar-refractivity contribution in [2.24, 2.45) is 0 Å². The molecule has 4 nitrogen and oxygen atoms in total. The Balaban J connectivity index is 1.77. The van der Waals surface area contributed by atoms with E-state index in [2.05, 4.69) is 11.2 Å². The van der Waals surface area contributed by atoms with Gasteiger partial charge in [0.1, 0.15) is 18.5 Å². The number of para-hydroxylation sites is 2. The minimum absolute atomic E-state index is 0.0728. The van der Waals surface area contributed by atoms with Gasteiger partial charge in [-0.2, -0.15) is 0 Å². The molecule has 2 aromatic rings. The summed E-state index contributed by atoms with van der Waals surface area (Å²) in [5.41, 5.74) is 2.52. The molecule has 4 rings (SSSR count). The van der Waals surface area contributed by atoms with Gasteiger partial charge in [-0.1, -0.05) is 36.3 Å². The van der Waals surface area contributed by atoms with Crippen molar-refractivity contribution >= 4 is 11.6 Å². The molecule has 1 amide bonds. The van der Waals surface area contributed by atoms with Crippen LogP contribution in [0.1, 0.15) is 34.9 Å². The highest BCUT2D eigenvalue weighted by Crippen LogP contribution is 2.42. The summed E-state index contributed by atoms with van der Waals surface area (Å²) in [6.07, 6.45) is 7.16. The number of fused-ring (bicyclic) bond motifs is 1. The highest BCUT2D eigenvalue weighted by Gasteiger charge is 2.42. The minimum atomic E-state index is -0.242. The van der Waals surface area contributed by atoms with Crippen molar-refractivity contribution in [3.63, 3.8) is 0 Å². The number of benzene rings is 2. The molecule has 0 aromatic heterocycles. The first-order chi connectivity index (χ1) is 11.8. The minimum Gasteiger partial charge on any atom is -0.481 e. The summed E-state index contributed by atoms with van der Waals surface area (Å²) in [7, 11) is 0. The maximum absolute atomic E-state index is 13.0. The van der Waals surface area contributed by atoms with Gasteiger partial charge in [0.2, 0.25) is 0 Å². The van der Waals surface area contributed by atoms with Crippen LogP contribution in [0.2, 0.25) is 0 Å². The fourth-order valence-electron chi connectivity index (χ4n) is 3.18. The first kappa shape index (κ1) is 14.6. The molecule has 24 heavy (non-hydrogen) atoms. The lowest BCUT2D eigenvalue weighted by molar-refractivity contribution is 0.0664. The zero-order valence-electron chi connectivity index (χ0n) is 13.2. The molecule has 1 heterocycles. The van der Waals surface area contributed by atoms with Crippen LogP contribution in [0.25, 0.3) is 0 Å². The summed E-state index contributed by atoms with van der Waals surface area (Å²) >= 11 is 0. The van der Waals surface area contributed by atoms with Crippen LogP contribution in [0, 0.1) is 12.3 Å². The van der Waals surface area contributed by atoms with Crippen molar-refractivity contribution < 1.29 is 9.53 Å². The number of nitrogens with one attached hydrogen (secondary N) is 1. The van der Waals surface area contributed by atoms with E-state index in [1.165, 1.54) is 0 Å². The Hall–Kier alpha value is -2.93. The van der Waals surface area contributed by atoms with Gasteiger partial charge < -0.3 is 15.0 Å². The summed E-state index contributed by atoms with van der Waals surface area (Å²) in [6.45, 7) is 0.206. The van der Waals surface area contributed by atoms with Crippen molar-refractivity contribution in [2.45, 2.75) is 25.0 Å². The number of hydrogen-bond acceptors (Lipinski definition) is 3. The highest BCUT2D eigenvalue weighted by molar-refractivity contribution is 6.02. The molecule has 2 aromatic carbocycles. The summed E-state index contributed by atoms with van der Waals surface area (Å²) in [5, 5.41) is 3.51. The van der Waals surface area contributed by atoms with Gasteiger partial charge >= 0.3 is 0 Å². The van der Waals surface area contributed by atoms with Crippen LogP contribution in [0.4, 0.5) is 5.69 Å². The van der Waals surface area contributed by atoms with E-state index in [4.69, 9.17) is 11.2 Å². The summed E-state index contributed by atoms with van der Waals surface area (Å²) < 4.78 is 5.70. The number of carbonyl (C=O) groups is 1. The number of carbonyl (C=O) groups excluding carboxylic acids is 1. The molecule has 1 atom stereocenters. The topological polar surface area (TPSA) is 41.6 Å². The van der Waals surface area contributed by atoms with E-state index in [0.29, 0.717) is 5.75 Å². The third kappa shape index (κ3) is 2.48. The van der Waals surface area contributed by atoms with Gasteiger partial charge in [-0.05, 0) is 31.0 Å². The molecule has 0 saturated heterocycles. The summed E-state index contributed by atoms with van der Waals surface area (Å²) in [6, 6.07) is 15.7. The van der Waals surface area contributed by atoms with Crippen molar-refractivity contribution in [1.29, 1.82) is 0 Å². The van der Waals surface area contributed by atoms with Crippen molar-refractivity contribution in [2.75, 3.05) is 11.9 Å². The van der Waals surface area contributed by atoms with Gasteiger partial charge in [0.15, 0.2) is 0 Å². The van der Waals surface area contributed by atoms with Crippen LogP contribution in [-0.4, -0.2) is 23.5 Å². The fourth-order valence-corrected chi connectivity index (χ4v) is 3.18. The van der Waals surface area contributed by atoms with E-state index in [1.54, 1.807) is 0 Å². The Bertz CT molecular complexity index is 820. The lowest BCUT2D eigenvalue weighted by Crippen LogP contribution is -2.44. The number of anilines is 1. The third-order valence-electron chi connectivity index (χ3n) is 4.43. The standard InChI is InChI=1S/C20H18N2O2/c1-2-13-24-18-10-6-4-8-16(18)19-21-17-9-5-3-7-15(17)20(23)22(19)14-11-12-14/h1,3-10,14,19,21H,11-13H2. The van der Waals surface area contributed by atoms with E-state index in [-0.39, 0.29) is 24.7 Å². The second-order valence-electron chi connectivity index (χ2n) is 6.07. The molecule has 1 aliphatic heterocycles. The Labute approximate surface area is 141 Å². The normalized spacial score (nSPS) is 19.2. The lowest BCUT2D eigenvalue weighted by Gasteiger charge is -2.38. The van der Waals surface area contributed by atoms with E-state index in [9.17, 15) is 4.79 Å². The van der Waals surface area contributed by atoms with Crippen molar-refractivity contribution in [3.05, 3.63) is 59.7 Å². The molecule has 1 aliphatic carbocycles. The molecule has 1 N–H and O–H groups in total. The SMILES string of the molecule is C#CCOc1ccccc1C1Nc2ccccc2C(=O)N1C1CC1. The van der Waals surface area contributed by atoms with E-state index < -0.39 is 0 Å². The molecule has 4 heteroatoms. The van der Waals surface area contributed by atoms with Gasteiger partial charge in [0.25, 0.3) is 5.91 Å². The second-order valence-corrected chi connectivity index (χ2v) is 6.07. The Morgan fingerprint density at radius 2 is 1.92 bits per heavy atom. The molecular weight excluding hydrogens is 300 g/mol. The Kier molecular flexibility index (Phi) is 3.62. The van der Waals surface area contributed by atoms with Gasteiger partial charge in [-0.3, -0.25) is 4.79 Å². The zero-order valence-corrected chi connectivity index (χ0v) is 13.2. The van der Waals surface area contributed by atoms with E-state index >= 15 is 0 Å². The maximum Gasteiger partial charge on any atom is 0.258 e. The Morgan fingerprint density at radius 3 is 2.71 bits per heavy atom. The average Bonchev–Trinajstić information content (AvgIpc) is 3.45. The van der Waals surface area contributed by atoms with Crippen LogP contribution in [0.5, 0.6) is 5.75 Å². The molecule has 1 fully saturated rings. The zero-order chi connectivity index (χ0) is 16.5. The molecule has 0 radical (unpaired) electrons. The predicted molar refractivity (Wildman–Crippen MR) is 92.8 cm³/mol. The van der Waals surface area contributed by atoms with Gasteiger partial charge in [-0.25, -0.2) is 0 Å². The van der Waals surface area contributed by atoms with Crippen LogP contribution in [0.3, 0.4) is 0 Å². The molecule has 1 unspecified atom stereocenters. The first-order valence-corrected chi connectivity index (χ1v) is 8.13. The lowest BCUT2D eigenvalue weighted by atomic mass is 10.0. The largest absolute Gasteiger partial charge is 0.481 e. The van der Waals surface area contributed by atoms with E-state index in [0.717, 1.165) is 29.7 Å². The smallest absolute Gasteiger partial charge is 0.258 e. The maximum atomic E-state index is 13.0.